The minimum absolute atomic E-state index is 0.250. The van der Waals surface area contributed by atoms with Crippen LogP contribution >= 0.6 is 0 Å². The lowest BCUT2D eigenvalue weighted by atomic mass is 10.2. The van der Waals surface area contributed by atoms with Crippen LogP contribution in [0.5, 0.6) is 17.2 Å². The molecule has 0 radical (unpaired) electrons. The lowest BCUT2D eigenvalue weighted by molar-refractivity contribution is 0.318. The summed E-state index contributed by atoms with van der Waals surface area (Å²) in [6, 6.07) is 3.36. The van der Waals surface area contributed by atoms with Crippen molar-refractivity contribution in [2.24, 2.45) is 0 Å². The van der Waals surface area contributed by atoms with Gasteiger partial charge in [-0.2, -0.15) is 0 Å². The molecule has 0 aliphatic rings. The fraction of sp³-hybridized carbons (Fsp3) is 0.455. The molecule has 92 valence electrons. The van der Waals surface area contributed by atoms with Crippen molar-refractivity contribution < 1.29 is 19.3 Å². The highest BCUT2D eigenvalue weighted by atomic mass is 16.5. The second-order valence-electron chi connectivity index (χ2n) is 2.77. The van der Waals surface area contributed by atoms with Gasteiger partial charge in [0.05, 0.1) is 21.3 Å². The van der Waals surface area contributed by atoms with E-state index in [0.29, 0.717) is 22.9 Å². The molecular formula is C11H19NO4. The Hall–Kier alpha value is -1.62. The van der Waals surface area contributed by atoms with Crippen molar-refractivity contribution in [2.75, 3.05) is 33.7 Å². The predicted octanol–water partition coefficient (Wildman–Crippen LogP) is 1.29. The minimum Gasteiger partial charge on any atom is -0.493 e. The Balaban J connectivity index is 0.000000673. The van der Waals surface area contributed by atoms with Crippen LogP contribution in [0.4, 0.5) is 5.69 Å². The lowest BCUT2D eigenvalue weighted by Crippen LogP contribution is -1.96. The molecule has 0 aliphatic carbocycles. The maximum Gasteiger partial charge on any atom is 0.203 e. The third kappa shape index (κ3) is 3.86. The number of ether oxygens (including phenoxy) is 3. The summed E-state index contributed by atoms with van der Waals surface area (Å²) in [6.07, 6.45) is 0. The van der Waals surface area contributed by atoms with E-state index in [0.717, 1.165) is 0 Å². The van der Waals surface area contributed by atoms with E-state index in [1.807, 2.05) is 0 Å². The van der Waals surface area contributed by atoms with Gasteiger partial charge < -0.3 is 25.1 Å². The first-order valence-corrected chi connectivity index (χ1v) is 4.80. The summed E-state index contributed by atoms with van der Waals surface area (Å²) < 4.78 is 15.3. The van der Waals surface area contributed by atoms with E-state index in [4.69, 9.17) is 25.1 Å². The first-order valence-electron chi connectivity index (χ1n) is 4.80. The molecule has 0 atom stereocenters. The molecule has 0 amide bonds. The molecule has 3 N–H and O–H groups in total. The number of hydrogen-bond donors (Lipinski definition) is 2. The Kier molecular flexibility index (Phi) is 6.87. The van der Waals surface area contributed by atoms with Gasteiger partial charge in [-0.15, -0.1) is 0 Å². The number of hydrogen-bond acceptors (Lipinski definition) is 5. The number of nitrogens with two attached hydrogens (primary N) is 1. The quantitative estimate of drug-likeness (QED) is 0.764. The molecule has 1 aromatic carbocycles. The number of benzene rings is 1. The SMILES string of the molecule is CCO.COc1cc(N)cc(OC)c1OC. The van der Waals surface area contributed by atoms with E-state index in [-0.39, 0.29) is 6.61 Å². The summed E-state index contributed by atoms with van der Waals surface area (Å²) >= 11 is 0. The van der Waals surface area contributed by atoms with Crippen LogP contribution in [0.1, 0.15) is 6.92 Å². The van der Waals surface area contributed by atoms with Crippen LogP contribution in [0, 0.1) is 0 Å². The summed E-state index contributed by atoms with van der Waals surface area (Å²) in [4.78, 5) is 0. The Morgan fingerprint density at radius 2 is 1.44 bits per heavy atom. The average Bonchev–Trinajstić information content (AvgIpc) is 2.28. The summed E-state index contributed by atoms with van der Waals surface area (Å²) in [7, 11) is 4.66. The van der Waals surface area contributed by atoms with Crippen LogP contribution in [-0.2, 0) is 0 Å². The maximum atomic E-state index is 7.57. The molecule has 0 aliphatic heterocycles. The van der Waals surface area contributed by atoms with Gasteiger partial charge in [-0.05, 0) is 6.92 Å². The van der Waals surface area contributed by atoms with Gasteiger partial charge in [0.1, 0.15) is 0 Å². The van der Waals surface area contributed by atoms with Crippen LogP contribution in [0.15, 0.2) is 12.1 Å². The van der Waals surface area contributed by atoms with Crippen molar-refractivity contribution in [1.29, 1.82) is 0 Å². The number of aliphatic hydroxyl groups is 1. The minimum atomic E-state index is 0.250. The number of methoxy groups -OCH3 is 3. The van der Waals surface area contributed by atoms with E-state index in [1.54, 1.807) is 40.4 Å². The molecule has 0 saturated carbocycles. The molecular weight excluding hydrogens is 210 g/mol. The molecule has 1 rings (SSSR count). The summed E-state index contributed by atoms with van der Waals surface area (Å²) in [5, 5.41) is 7.57. The first kappa shape index (κ1) is 14.4. The van der Waals surface area contributed by atoms with Crippen LogP contribution in [-0.4, -0.2) is 33.0 Å². The molecule has 0 aromatic heterocycles. The number of aliphatic hydroxyl groups excluding tert-OH is 1. The fourth-order valence-corrected chi connectivity index (χ4v) is 1.10. The van der Waals surface area contributed by atoms with Gasteiger partial charge in [0.2, 0.25) is 5.75 Å². The molecule has 5 nitrogen and oxygen atoms in total. The maximum absolute atomic E-state index is 7.57. The van der Waals surface area contributed by atoms with Gasteiger partial charge in [0, 0.05) is 24.4 Å². The summed E-state index contributed by atoms with van der Waals surface area (Å²) in [5.41, 5.74) is 6.20. The molecule has 0 saturated heterocycles. The molecule has 0 bridgehead atoms. The van der Waals surface area contributed by atoms with E-state index in [9.17, 15) is 0 Å². The third-order valence-corrected chi connectivity index (χ3v) is 1.69. The topological polar surface area (TPSA) is 73.9 Å². The van der Waals surface area contributed by atoms with Crippen molar-refractivity contribution in [3.63, 3.8) is 0 Å². The molecule has 0 unspecified atom stereocenters. The third-order valence-electron chi connectivity index (χ3n) is 1.69. The predicted molar refractivity (Wildman–Crippen MR) is 63.3 cm³/mol. The van der Waals surface area contributed by atoms with Crippen molar-refractivity contribution in [3.05, 3.63) is 12.1 Å². The standard InChI is InChI=1S/C9H13NO3.C2H6O/c1-11-7-4-6(10)5-8(12-2)9(7)13-3;1-2-3/h4-5H,10H2,1-3H3;3H,2H2,1H3. The second-order valence-corrected chi connectivity index (χ2v) is 2.77. The molecule has 0 fully saturated rings. The van der Waals surface area contributed by atoms with E-state index in [1.165, 1.54) is 0 Å². The zero-order valence-electron chi connectivity index (χ0n) is 10.1. The number of nitrogen functional groups attached to an aromatic ring is 1. The van der Waals surface area contributed by atoms with E-state index >= 15 is 0 Å². The molecule has 0 heterocycles. The van der Waals surface area contributed by atoms with Gasteiger partial charge in [-0.3, -0.25) is 0 Å². The Labute approximate surface area is 95.7 Å². The molecule has 16 heavy (non-hydrogen) atoms. The van der Waals surface area contributed by atoms with Crippen LogP contribution in [0.2, 0.25) is 0 Å². The highest BCUT2D eigenvalue weighted by molar-refractivity contribution is 5.60. The zero-order valence-corrected chi connectivity index (χ0v) is 10.1. The van der Waals surface area contributed by atoms with E-state index < -0.39 is 0 Å². The Bertz CT molecular complexity index is 290. The average molecular weight is 229 g/mol. The molecule has 5 heteroatoms. The summed E-state index contributed by atoms with van der Waals surface area (Å²) in [6.45, 7) is 1.93. The van der Waals surface area contributed by atoms with Crippen LogP contribution in [0.25, 0.3) is 0 Å². The molecule has 1 aromatic rings. The van der Waals surface area contributed by atoms with Gasteiger partial charge >= 0.3 is 0 Å². The van der Waals surface area contributed by atoms with Crippen molar-refractivity contribution in [1.82, 2.24) is 0 Å². The Morgan fingerprint density at radius 1 is 1.06 bits per heavy atom. The first-order chi connectivity index (χ1) is 7.64. The zero-order chi connectivity index (χ0) is 12.6. The van der Waals surface area contributed by atoms with Crippen molar-refractivity contribution in [3.8, 4) is 17.2 Å². The second kappa shape index (κ2) is 7.64. The fourth-order valence-electron chi connectivity index (χ4n) is 1.10. The van der Waals surface area contributed by atoms with Crippen molar-refractivity contribution in [2.45, 2.75) is 6.92 Å². The van der Waals surface area contributed by atoms with Crippen molar-refractivity contribution >= 4 is 5.69 Å². The molecule has 0 spiro atoms. The lowest BCUT2D eigenvalue weighted by Gasteiger charge is -2.12. The largest absolute Gasteiger partial charge is 0.493 e. The monoisotopic (exact) mass is 229 g/mol. The smallest absolute Gasteiger partial charge is 0.203 e. The summed E-state index contributed by atoms with van der Waals surface area (Å²) in [5.74, 6) is 1.69. The van der Waals surface area contributed by atoms with E-state index in [2.05, 4.69) is 0 Å². The van der Waals surface area contributed by atoms with Gasteiger partial charge in [-0.25, -0.2) is 0 Å². The van der Waals surface area contributed by atoms with Gasteiger partial charge in [0.25, 0.3) is 0 Å². The highest BCUT2D eigenvalue weighted by Gasteiger charge is 2.11. The van der Waals surface area contributed by atoms with Gasteiger partial charge in [-0.1, -0.05) is 0 Å². The number of rotatable bonds is 3. The van der Waals surface area contributed by atoms with Crippen LogP contribution in [0.3, 0.4) is 0 Å². The normalized spacial score (nSPS) is 8.81. The van der Waals surface area contributed by atoms with Gasteiger partial charge in [0.15, 0.2) is 11.5 Å². The van der Waals surface area contributed by atoms with Crippen LogP contribution < -0.4 is 19.9 Å². The number of anilines is 1. The Morgan fingerprint density at radius 3 is 1.69 bits per heavy atom. The highest BCUT2D eigenvalue weighted by Crippen LogP contribution is 2.38.